The minimum Gasteiger partial charge on any atom is -0.345 e. The molecule has 1 fully saturated rings. The maximum atomic E-state index is 11.8. The summed E-state index contributed by atoms with van der Waals surface area (Å²) in [7, 11) is 0. The molecule has 1 aromatic rings. The molecule has 1 aliphatic rings. The van der Waals surface area contributed by atoms with Gasteiger partial charge >= 0.3 is 0 Å². The molecule has 84 valence electrons. The second-order valence-electron chi connectivity index (χ2n) is 3.62. The molecule has 0 saturated carbocycles. The van der Waals surface area contributed by atoms with Gasteiger partial charge in [-0.3, -0.25) is 19.5 Å². The van der Waals surface area contributed by atoms with Crippen molar-refractivity contribution in [2.75, 3.05) is 11.4 Å². The van der Waals surface area contributed by atoms with Gasteiger partial charge in [0.2, 0.25) is 11.8 Å². The number of carbonyl (C=O) groups is 2. The van der Waals surface area contributed by atoms with E-state index in [0.717, 1.165) is 0 Å². The smallest absolute Gasteiger partial charge is 0.247 e. The molecule has 1 N–H and O–H groups in total. The highest BCUT2D eigenvalue weighted by molar-refractivity contribution is 6.06. The first-order valence-corrected chi connectivity index (χ1v) is 5.24. The van der Waals surface area contributed by atoms with Crippen LogP contribution in [0, 0.1) is 0 Å². The highest BCUT2D eigenvalue weighted by Gasteiger charge is 2.34. The second kappa shape index (κ2) is 4.30. The number of anilines is 1. The summed E-state index contributed by atoms with van der Waals surface area (Å²) in [4.78, 5) is 28.9. The molecular formula is C11H13N3O2. The molecule has 16 heavy (non-hydrogen) atoms. The van der Waals surface area contributed by atoms with E-state index >= 15 is 0 Å². The van der Waals surface area contributed by atoms with Gasteiger partial charge in [-0.25, -0.2) is 0 Å². The van der Waals surface area contributed by atoms with Crippen molar-refractivity contribution in [3.63, 3.8) is 0 Å². The number of carbonyl (C=O) groups excluding carboxylic acids is 2. The highest BCUT2D eigenvalue weighted by Crippen LogP contribution is 2.19. The van der Waals surface area contributed by atoms with Crippen LogP contribution in [0.4, 0.5) is 5.69 Å². The summed E-state index contributed by atoms with van der Waals surface area (Å²) < 4.78 is 0. The van der Waals surface area contributed by atoms with Crippen molar-refractivity contribution in [2.24, 2.45) is 0 Å². The molecule has 5 heteroatoms. The topological polar surface area (TPSA) is 62.3 Å². The molecule has 2 rings (SSSR count). The predicted octanol–water partition coefficient (Wildman–Crippen LogP) is 0.323. The average Bonchev–Trinajstić information content (AvgIpc) is 2.33. The van der Waals surface area contributed by atoms with Crippen molar-refractivity contribution in [1.29, 1.82) is 0 Å². The molecule has 1 aromatic heterocycles. The normalized spacial score (nSPS) is 20.8. The number of nitrogens with one attached hydrogen (secondary N) is 1. The molecule has 5 nitrogen and oxygen atoms in total. The Morgan fingerprint density at radius 1 is 1.56 bits per heavy atom. The molecule has 1 unspecified atom stereocenters. The van der Waals surface area contributed by atoms with Crippen LogP contribution in [0.15, 0.2) is 24.5 Å². The van der Waals surface area contributed by atoms with Gasteiger partial charge in [-0.15, -0.1) is 0 Å². The van der Waals surface area contributed by atoms with Crippen molar-refractivity contribution < 1.29 is 9.59 Å². The van der Waals surface area contributed by atoms with Crippen molar-refractivity contribution in [3.05, 3.63) is 24.5 Å². The van der Waals surface area contributed by atoms with Gasteiger partial charge in [-0.05, 0) is 18.6 Å². The molecule has 2 heterocycles. The number of pyridine rings is 1. The number of aromatic nitrogens is 1. The van der Waals surface area contributed by atoms with Gasteiger partial charge < -0.3 is 5.32 Å². The lowest BCUT2D eigenvalue weighted by molar-refractivity contribution is -0.131. The van der Waals surface area contributed by atoms with Crippen LogP contribution in [-0.4, -0.2) is 29.4 Å². The zero-order chi connectivity index (χ0) is 11.5. The van der Waals surface area contributed by atoms with E-state index in [9.17, 15) is 9.59 Å². The number of hydrogen-bond donors (Lipinski definition) is 1. The SMILES string of the molecule is CCC1C(=O)NCC(=O)N1c1cccnc1. The Labute approximate surface area is 93.5 Å². The van der Waals surface area contributed by atoms with Gasteiger partial charge in [0.05, 0.1) is 18.4 Å². The van der Waals surface area contributed by atoms with E-state index in [1.807, 2.05) is 6.92 Å². The van der Waals surface area contributed by atoms with Crippen LogP contribution >= 0.6 is 0 Å². The van der Waals surface area contributed by atoms with E-state index in [1.165, 1.54) is 4.90 Å². The predicted molar refractivity (Wildman–Crippen MR) is 58.8 cm³/mol. The molecule has 0 aliphatic carbocycles. The van der Waals surface area contributed by atoms with Gasteiger partial charge in [-0.1, -0.05) is 6.92 Å². The van der Waals surface area contributed by atoms with Crippen LogP contribution in [0.25, 0.3) is 0 Å². The molecule has 1 atom stereocenters. The maximum absolute atomic E-state index is 11.8. The van der Waals surface area contributed by atoms with E-state index in [0.29, 0.717) is 12.1 Å². The van der Waals surface area contributed by atoms with Crippen LogP contribution in [0.2, 0.25) is 0 Å². The standard InChI is InChI=1S/C11H13N3O2/c1-2-9-11(16)13-7-10(15)14(9)8-4-3-5-12-6-8/h3-6,9H,2,7H2,1H3,(H,13,16). The number of piperazine rings is 1. The number of hydrogen-bond acceptors (Lipinski definition) is 3. The zero-order valence-electron chi connectivity index (χ0n) is 9.01. The van der Waals surface area contributed by atoms with Crippen molar-refractivity contribution in [2.45, 2.75) is 19.4 Å². The third-order valence-corrected chi connectivity index (χ3v) is 2.61. The first kappa shape index (κ1) is 10.6. The monoisotopic (exact) mass is 219 g/mol. The summed E-state index contributed by atoms with van der Waals surface area (Å²) in [5.41, 5.74) is 0.675. The molecule has 0 spiro atoms. The molecular weight excluding hydrogens is 206 g/mol. The minimum absolute atomic E-state index is 0.0597. The third-order valence-electron chi connectivity index (χ3n) is 2.61. The second-order valence-corrected chi connectivity index (χ2v) is 3.62. The number of amides is 2. The van der Waals surface area contributed by atoms with Crippen LogP contribution in [0.3, 0.4) is 0 Å². The Balaban J connectivity index is 2.35. The van der Waals surface area contributed by atoms with Crippen LogP contribution in [-0.2, 0) is 9.59 Å². The number of nitrogens with zero attached hydrogens (tertiary/aromatic N) is 2. The van der Waals surface area contributed by atoms with Gasteiger partial charge in [-0.2, -0.15) is 0 Å². The summed E-state index contributed by atoms with van der Waals surface area (Å²) >= 11 is 0. The van der Waals surface area contributed by atoms with Crippen molar-refractivity contribution >= 4 is 17.5 Å². The first-order chi connectivity index (χ1) is 7.74. The summed E-state index contributed by atoms with van der Waals surface area (Å²) in [6, 6.07) is 3.11. The lowest BCUT2D eigenvalue weighted by atomic mass is 10.1. The Bertz CT molecular complexity index is 405. The maximum Gasteiger partial charge on any atom is 0.247 e. The van der Waals surface area contributed by atoms with Gasteiger partial charge in [0.15, 0.2) is 0 Å². The summed E-state index contributed by atoms with van der Waals surface area (Å²) in [6.07, 6.45) is 3.82. The summed E-state index contributed by atoms with van der Waals surface area (Å²) in [6.45, 7) is 1.94. The molecule has 2 amide bonds. The van der Waals surface area contributed by atoms with E-state index in [4.69, 9.17) is 0 Å². The lowest BCUT2D eigenvalue weighted by Crippen LogP contribution is -2.58. The molecule has 0 aromatic carbocycles. The van der Waals surface area contributed by atoms with E-state index in [2.05, 4.69) is 10.3 Å². The quantitative estimate of drug-likeness (QED) is 0.779. The Morgan fingerprint density at radius 2 is 2.38 bits per heavy atom. The lowest BCUT2D eigenvalue weighted by Gasteiger charge is -2.34. The average molecular weight is 219 g/mol. The zero-order valence-corrected chi connectivity index (χ0v) is 9.01. The van der Waals surface area contributed by atoms with Gasteiger partial charge in [0.25, 0.3) is 0 Å². The summed E-state index contributed by atoms with van der Waals surface area (Å²) in [5.74, 6) is -0.203. The Kier molecular flexibility index (Phi) is 2.85. The van der Waals surface area contributed by atoms with E-state index < -0.39 is 6.04 Å². The van der Waals surface area contributed by atoms with Crippen LogP contribution < -0.4 is 10.2 Å². The van der Waals surface area contributed by atoms with Gasteiger partial charge in [0.1, 0.15) is 6.04 Å². The van der Waals surface area contributed by atoms with E-state index in [-0.39, 0.29) is 18.4 Å². The number of rotatable bonds is 2. The fraction of sp³-hybridized carbons (Fsp3) is 0.364. The fourth-order valence-electron chi connectivity index (χ4n) is 1.84. The first-order valence-electron chi connectivity index (χ1n) is 5.24. The molecule has 0 bridgehead atoms. The molecule has 1 aliphatic heterocycles. The van der Waals surface area contributed by atoms with Crippen molar-refractivity contribution in [1.82, 2.24) is 10.3 Å². The molecule has 1 saturated heterocycles. The minimum atomic E-state index is -0.426. The largest absolute Gasteiger partial charge is 0.345 e. The molecule has 0 radical (unpaired) electrons. The highest BCUT2D eigenvalue weighted by atomic mass is 16.2. The van der Waals surface area contributed by atoms with E-state index in [1.54, 1.807) is 24.5 Å². The fourth-order valence-corrected chi connectivity index (χ4v) is 1.84. The van der Waals surface area contributed by atoms with Crippen LogP contribution in [0.5, 0.6) is 0 Å². The Hall–Kier alpha value is -1.91. The summed E-state index contributed by atoms with van der Waals surface area (Å²) in [5, 5.41) is 2.58. The third kappa shape index (κ3) is 1.76. The van der Waals surface area contributed by atoms with Gasteiger partial charge in [0, 0.05) is 6.20 Å². The Morgan fingerprint density at radius 3 is 3.00 bits per heavy atom. The van der Waals surface area contributed by atoms with Crippen molar-refractivity contribution in [3.8, 4) is 0 Å². The van der Waals surface area contributed by atoms with Crippen LogP contribution in [0.1, 0.15) is 13.3 Å².